The predicted octanol–water partition coefficient (Wildman–Crippen LogP) is 2.84. The molecule has 0 spiro atoms. The van der Waals surface area contributed by atoms with Crippen molar-refractivity contribution in [1.82, 2.24) is 5.43 Å². The molecule has 0 aromatic heterocycles. The van der Waals surface area contributed by atoms with Crippen LogP contribution in [0.25, 0.3) is 0 Å². The quantitative estimate of drug-likeness (QED) is 0.780. The molecular weight excluding hydrogens is 274 g/mol. The topological polar surface area (TPSA) is 67.5 Å². The second-order valence-corrected chi connectivity index (χ2v) is 4.04. The fourth-order valence-electron chi connectivity index (χ4n) is 1.33. The molecule has 1 amide bonds. The lowest BCUT2D eigenvalue weighted by Crippen LogP contribution is -2.12. The van der Waals surface area contributed by atoms with Crippen molar-refractivity contribution in [3.05, 3.63) is 96.8 Å². The van der Waals surface area contributed by atoms with E-state index in [-0.39, 0.29) is 0 Å². The minimum absolute atomic E-state index is 0.433. The van der Waals surface area contributed by atoms with Crippen LogP contribution in [-0.4, -0.2) is 12.1 Å². The highest BCUT2D eigenvalue weighted by Gasteiger charge is 1.96. The van der Waals surface area contributed by atoms with Crippen LogP contribution in [-0.2, 0) is 4.79 Å². The van der Waals surface area contributed by atoms with Crippen LogP contribution < -0.4 is 11.2 Å². The van der Waals surface area contributed by atoms with Gasteiger partial charge < -0.3 is 5.73 Å². The Bertz CT molecular complexity index is 612. The van der Waals surface area contributed by atoms with Gasteiger partial charge in [-0.05, 0) is 24.3 Å². The van der Waals surface area contributed by atoms with Crippen LogP contribution >= 0.6 is 0 Å². The van der Waals surface area contributed by atoms with Crippen molar-refractivity contribution in [2.24, 2.45) is 10.8 Å². The smallest absolute Gasteiger partial charge is 0.248 e. The zero-order chi connectivity index (χ0) is 15.9. The maximum Gasteiger partial charge on any atom is 0.248 e. The number of carbonyl (C=O) groups is 1. The van der Waals surface area contributed by atoms with Gasteiger partial charge in [0.15, 0.2) is 0 Å². The van der Waals surface area contributed by atoms with E-state index >= 15 is 0 Å². The molecule has 112 valence electrons. The number of hydrogen-bond donors (Lipinski definition) is 2. The highest BCUT2D eigenvalue weighted by molar-refractivity contribution is 5.95. The minimum Gasteiger partial charge on any atom is -0.366 e. The zero-order valence-corrected chi connectivity index (χ0v) is 12.2. The first-order valence-electron chi connectivity index (χ1n) is 6.76. The molecule has 0 radical (unpaired) electrons. The third-order valence-corrected chi connectivity index (χ3v) is 2.35. The van der Waals surface area contributed by atoms with Crippen molar-refractivity contribution in [2.45, 2.75) is 0 Å². The second kappa shape index (κ2) is 11.7. The number of primary amides is 1. The van der Waals surface area contributed by atoms with Crippen LogP contribution in [0, 0.1) is 0 Å². The molecule has 0 bridgehead atoms. The average molecular weight is 293 g/mol. The summed E-state index contributed by atoms with van der Waals surface area (Å²) in [6, 6.07) is 0. The molecule has 0 aliphatic carbocycles. The summed E-state index contributed by atoms with van der Waals surface area (Å²) in [5, 5.41) is 3.95. The van der Waals surface area contributed by atoms with E-state index in [4.69, 9.17) is 5.73 Å². The Morgan fingerprint density at radius 3 is 2.14 bits per heavy atom. The van der Waals surface area contributed by atoms with Gasteiger partial charge in [0.2, 0.25) is 5.91 Å². The number of carbonyl (C=O) groups excluding carboxylic acids is 1. The number of allylic oxidation sites excluding steroid dienone is 13. The molecule has 22 heavy (non-hydrogen) atoms. The summed E-state index contributed by atoms with van der Waals surface area (Å²) in [7, 11) is 0. The van der Waals surface area contributed by atoms with Crippen LogP contribution in [0.4, 0.5) is 0 Å². The number of nitrogens with two attached hydrogens (primary N) is 1. The lowest BCUT2D eigenvalue weighted by molar-refractivity contribution is -0.114. The fourth-order valence-corrected chi connectivity index (χ4v) is 1.33. The monoisotopic (exact) mass is 293 g/mol. The summed E-state index contributed by atoms with van der Waals surface area (Å²) < 4.78 is 0. The molecule has 0 fully saturated rings. The molecule has 3 N–H and O–H groups in total. The van der Waals surface area contributed by atoms with Crippen molar-refractivity contribution >= 4 is 12.1 Å². The Morgan fingerprint density at radius 2 is 1.41 bits per heavy atom. The number of rotatable bonds is 1. The van der Waals surface area contributed by atoms with Gasteiger partial charge in [0.1, 0.15) is 0 Å². The first-order chi connectivity index (χ1) is 10.8. The number of hydrazone groups is 1. The first kappa shape index (κ1) is 16.9. The van der Waals surface area contributed by atoms with Gasteiger partial charge in [-0.1, -0.05) is 60.8 Å². The molecule has 1 rings (SSSR count). The molecule has 0 atom stereocenters. The van der Waals surface area contributed by atoms with Crippen LogP contribution in [0.1, 0.15) is 0 Å². The van der Waals surface area contributed by atoms with Crippen molar-refractivity contribution in [3.8, 4) is 0 Å². The zero-order valence-electron chi connectivity index (χ0n) is 12.2. The Kier molecular flexibility index (Phi) is 8.97. The van der Waals surface area contributed by atoms with Crippen LogP contribution in [0.15, 0.2) is 102 Å². The molecule has 0 aromatic carbocycles. The van der Waals surface area contributed by atoms with E-state index in [1.165, 1.54) is 0 Å². The standard InChI is InChI=1S/C18H19N3O/c19-18(22)17-13-9-5-1-3-7-11-15-20-21-16-12-8-4-2-6-10-14-17/h1-16,20H,(H2,19,22). The van der Waals surface area contributed by atoms with Crippen molar-refractivity contribution in [2.75, 3.05) is 0 Å². The van der Waals surface area contributed by atoms with E-state index in [1.807, 2.05) is 54.7 Å². The van der Waals surface area contributed by atoms with E-state index < -0.39 is 5.91 Å². The number of hydrogen-bond acceptors (Lipinski definition) is 3. The van der Waals surface area contributed by atoms with Gasteiger partial charge in [0.25, 0.3) is 0 Å². The third-order valence-electron chi connectivity index (χ3n) is 2.35. The molecule has 0 saturated heterocycles. The summed E-state index contributed by atoms with van der Waals surface area (Å²) >= 11 is 0. The summed E-state index contributed by atoms with van der Waals surface area (Å²) in [5.74, 6) is -0.468. The average Bonchev–Trinajstić information content (AvgIpc) is 2.50. The lowest BCUT2D eigenvalue weighted by atomic mass is 10.2. The molecule has 1 aliphatic rings. The molecule has 4 nitrogen and oxygen atoms in total. The van der Waals surface area contributed by atoms with Gasteiger partial charge in [-0.15, -0.1) is 0 Å². The highest BCUT2D eigenvalue weighted by Crippen LogP contribution is 1.98. The molecule has 0 saturated carbocycles. The summed E-state index contributed by atoms with van der Waals surface area (Å²) in [5.41, 5.74) is 8.52. The van der Waals surface area contributed by atoms with E-state index in [0.717, 1.165) is 0 Å². The first-order valence-corrected chi connectivity index (χ1v) is 6.76. The SMILES string of the molecule is NC(=O)C1=CC=CC=CC=CC=NNC=CC=CC=CC=C1. The molecule has 0 aromatic rings. The van der Waals surface area contributed by atoms with Crippen molar-refractivity contribution in [1.29, 1.82) is 0 Å². The molecular formula is C18H19N3O. The Labute approximate surface area is 130 Å². The van der Waals surface area contributed by atoms with Gasteiger partial charge in [-0.2, -0.15) is 5.10 Å². The van der Waals surface area contributed by atoms with E-state index in [2.05, 4.69) is 10.5 Å². The van der Waals surface area contributed by atoms with Gasteiger partial charge >= 0.3 is 0 Å². The maximum atomic E-state index is 11.3. The Morgan fingerprint density at radius 1 is 0.818 bits per heavy atom. The number of amides is 1. The molecule has 4 heteroatoms. The third kappa shape index (κ3) is 8.87. The van der Waals surface area contributed by atoms with Crippen molar-refractivity contribution in [3.63, 3.8) is 0 Å². The Hall–Kier alpha value is -3.14. The molecule has 1 heterocycles. The van der Waals surface area contributed by atoms with Gasteiger partial charge in [-0.3, -0.25) is 10.2 Å². The van der Waals surface area contributed by atoms with E-state index in [1.54, 1.807) is 42.8 Å². The minimum atomic E-state index is -0.468. The van der Waals surface area contributed by atoms with Gasteiger partial charge in [0.05, 0.1) is 0 Å². The van der Waals surface area contributed by atoms with Crippen LogP contribution in [0.3, 0.4) is 0 Å². The van der Waals surface area contributed by atoms with Crippen molar-refractivity contribution < 1.29 is 4.79 Å². The highest BCUT2D eigenvalue weighted by atomic mass is 16.1. The van der Waals surface area contributed by atoms with Crippen LogP contribution in [0.2, 0.25) is 0 Å². The van der Waals surface area contributed by atoms with E-state index in [0.29, 0.717) is 5.57 Å². The normalized spacial score (nSPS) is 15.7. The summed E-state index contributed by atoms with van der Waals surface area (Å²) in [6.45, 7) is 0. The van der Waals surface area contributed by atoms with Crippen LogP contribution in [0.5, 0.6) is 0 Å². The summed E-state index contributed by atoms with van der Waals surface area (Å²) in [4.78, 5) is 11.3. The molecule has 0 unspecified atom stereocenters. The maximum absolute atomic E-state index is 11.3. The summed E-state index contributed by atoms with van der Waals surface area (Å²) in [6.07, 6.45) is 28.5. The van der Waals surface area contributed by atoms with E-state index in [9.17, 15) is 4.79 Å². The fraction of sp³-hybridized carbons (Fsp3) is 0. The second-order valence-electron chi connectivity index (χ2n) is 4.04. The lowest BCUT2D eigenvalue weighted by Gasteiger charge is -1.91. The predicted molar refractivity (Wildman–Crippen MR) is 92.9 cm³/mol. The Balaban J connectivity index is 2.88. The van der Waals surface area contributed by atoms with Gasteiger partial charge in [0, 0.05) is 18.0 Å². The van der Waals surface area contributed by atoms with Gasteiger partial charge in [-0.25, -0.2) is 0 Å². The number of nitrogens with one attached hydrogen (secondary N) is 1. The largest absolute Gasteiger partial charge is 0.366 e. The molecule has 1 aliphatic heterocycles. The number of nitrogens with zero attached hydrogens (tertiary/aromatic N) is 1.